The van der Waals surface area contributed by atoms with Crippen LogP contribution in [0, 0.1) is 0 Å². The quantitative estimate of drug-likeness (QED) is 0.659. The first-order valence-corrected chi connectivity index (χ1v) is 6.52. The molecule has 0 saturated carbocycles. The minimum Gasteiger partial charge on any atom is -0.335 e. The number of anilines is 1. The number of halogens is 1. The minimum atomic E-state index is -0.459. The molecule has 2 heterocycles. The van der Waals surface area contributed by atoms with E-state index in [0.717, 1.165) is 12.0 Å². The smallest absolute Gasteiger partial charge is 0.249 e. The van der Waals surface area contributed by atoms with Crippen LogP contribution in [0.2, 0.25) is 5.15 Å². The van der Waals surface area contributed by atoms with Crippen molar-refractivity contribution in [3.8, 4) is 0 Å². The summed E-state index contributed by atoms with van der Waals surface area (Å²) >= 11 is 6.08. The zero-order valence-corrected chi connectivity index (χ0v) is 11.6. The third kappa shape index (κ3) is 2.68. The first kappa shape index (κ1) is 13.7. The summed E-state index contributed by atoms with van der Waals surface area (Å²) in [6.07, 6.45) is 2.93. The molecule has 0 bridgehead atoms. The largest absolute Gasteiger partial charge is 0.335 e. The summed E-state index contributed by atoms with van der Waals surface area (Å²) in [5.41, 5.74) is 0.779. The molecular weight excluding hydrogens is 268 g/mol. The molecular formula is C12H15ClN4O2. The van der Waals surface area contributed by atoms with Crippen LogP contribution >= 0.6 is 11.6 Å². The molecule has 1 saturated heterocycles. The number of nitrogens with one attached hydrogen (secondary N) is 1. The fraction of sp³-hybridized carbons (Fsp3) is 0.500. The van der Waals surface area contributed by atoms with Crippen molar-refractivity contribution in [1.29, 1.82) is 0 Å². The highest BCUT2D eigenvalue weighted by Gasteiger charge is 2.32. The van der Waals surface area contributed by atoms with Crippen molar-refractivity contribution in [2.45, 2.75) is 32.7 Å². The van der Waals surface area contributed by atoms with Gasteiger partial charge in [0.15, 0.2) is 0 Å². The molecule has 102 valence electrons. The third-order valence-corrected chi connectivity index (χ3v) is 3.39. The maximum Gasteiger partial charge on any atom is 0.249 e. The Morgan fingerprint density at radius 2 is 2.21 bits per heavy atom. The highest BCUT2D eigenvalue weighted by molar-refractivity contribution is 6.30. The van der Waals surface area contributed by atoms with E-state index in [0.29, 0.717) is 17.4 Å². The van der Waals surface area contributed by atoms with Gasteiger partial charge in [-0.05, 0) is 13.3 Å². The first-order chi connectivity index (χ1) is 9.04. The second kappa shape index (κ2) is 5.52. The van der Waals surface area contributed by atoms with E-state index >= 15 is 0 Å². The highest BCUT2D eigenvalue weighted by atomic mass is 35.5. The van der Waals surface area contributed by atoms with Crippen LogP contribution in [-0.2, 0) is 16.0 Å². The Morgan fingerprint density at radius 3 is 2.89 bits per heavy atom. The van der Waals surface area contributed by atoms with E-state index < -0.39 is 6.04 Å². The van der Waals surface area contributed by atoms with Crippen LogP contribution in [0.15, 0.2) is 6.33 Å². The van der Waals surface area contributed by atoms with Gasteiger partial charge in [0.05, 0.1) is 6.54 Å². The van der Waals surface area contributed by atoms with Crippen LogP contribution in [0.25, 0.3) is 0 Å². The lowest BCUT2D eigenvalue weighted by molar-refractivity contribution is -0.132. The number of nitrogens with zero attached hydrogens (tertiary/aromatic N) is 3. The Balaban J connectivity index is 2.42. The van der Waals surface area contributed by atoms with Crippen molar-refractivity contribution in [2.24, 2.45) is 0 Å². The van der Waals surface area contributed by atoms with Crippen molar-refractivity contribution in [3.05, 3.63) is 17.0 Å². The van der Waals surface area contributed by atoms with Crippen LogP contribution in [0.3, 0.4) is 0 Å². The van der Waals surface area contributed by atoms with E-state index in [4.69, 9.17) is 11.6 Å². The average molecular weight is 283 g/mol. The zero-order chi connectivity index (χ0) is 14.0. The third-order valence-electron chi connectivity index (χ3n) is 3.07. The van der Waals surface area contributed by atoms with E-state index in [-0.39, 0.29) is 18.4 Å². The number of aromatic nitrogens is 2. The van der Waals surface area contributed by atoms with Crippen LogP contribution in [0.1, 0.15) is 25.8 Å². The molecule has 19 heavy (non-hydrogen) atoms. The van der Waals surface area contributed by atoms with Crippen molar-refractivity contribution < 1.29 is 9.59 Å². The maximum atomic E-state index is 11.7. The van der Waals surface area contributed by atoms with Crippen molar-refractivity contribution in [3.63, 3.8) is 0 Å². The van der Waals surface area contributed by atoms with Gasteiger partial charge in [0.2, 0.25) is 11.8 Å². The second-order valence-corrected chi connectivity index (χ2v) is 4.79. The van der Waals surface area contributed by atoms with E-state index in [1.165, 1.54) is 6.33 Å². The number of amides is 2. The standard InChI is InChI=1S/C12H15ClN4O2/c1-3-4-8-10(13)14-6-15-11(8)17-5-9(18)16-12(19)7(17)2/h6-7H,3-5H2,1-2H3,(H,16,18,19). The Morgan fingerprint density at radius 1 is 1.47 bits per heavy atom. The fourth-order valence-corrected chi connectivity index (χ4v) is 2.29. The van der Waals surface area contributed by atoms with Gasteiger partial charge in [-0.15, -0.1) is 0 Å². The van der Waals surface area contributed by atoms with Crippen molar-refractivity contribution in [2.75, 3.05) is 11.4 Å². The molecule has 7 heteroatoms. The summed E-state index contributed by atoms with van der Waals surface area (Å²) in [7, 11) is 0. The molecule has 0 radical (unpaired) electrons. The van der Waals surface area contributed by atoms with Gasteiger partial charge in [-0.3, -0.25) is 14.9 Å². The van der Waals surface area contributed by atoms with Crippen LogP contribution in [0.4, 0.5) is 5.82 Å². The molecule has 0 aromatic carbocycles. The lowest BCUT2D eigenvalue weighted by Gasteiger charge is -2.33. The maximum absolute atomic E-state index is 11.7. The molecule has 1 atom stereocenters. The predicted octanol–water partition coefficient (Wildman–Crippen LogP) is 0.934. The van der Waals surface area contributed by atoms with E-state index in [9.17, 15) is 9.59 Å². The summed E-state index contributed by atoms with van der Waals surface area (Å²) < 4.78 is 0. The minimum absolute atomic E-state index is 0.0942. The van der Waals surface area contributed by atoms with Gasteiger partial charge in [0.1, 0.15) is 23.3 Å². The van der Waals surface area contributed by atoms with Gasteiger partial charge in [-0.25, -0.2) is 9.97 Å². The van der Waals surface area contributed by atoms with Gasteiger partial charge >= 0.3 is 0 Å². The fourth-order valence-electron chi connectivity index (χ4n) is 2.07. The summed E-state index contributed by atoms with van der Waals surface area (Å²) in [5, 5.41) is 2.67. The molecule has 0 aliphatic carbocycles. The average Bonchev–Trinajstić information content (AvgIpc) is 2.36. The number of hydrogen-bond acceptors (Lipinski definition) is 5. The summed E-state index contributed by atoms with van der Waals surface area (Å²) in [5.74, 6) is -0.0914. The molecule has 1 aromatic rings. The van der Waals surface area contributed by atoms with Crippen molar-refractivity contribution in [1.82, 2.24) is 15.3 Å². The van der Waals surface area contributed by atoms with Crippen LogP contribution in [-0.4, -0.2) is 34.4 Å². The molecule has 0 spiro atoms. The molecule has 1 aliphatic rings. The van der Waals surface area contributed by atoms with Crippen LogP contribution < -0.4 is 10.2 Å². The second-order valence-electron chi connectivity index (χ2n) is 4.43. The van der Waals surface area contributed by atoms with E-state index in [1.807, 2.05) is 6.92 Å². The Hall–Kier alpha value is -1.69. The topological polar surface area (TPSA) is 75.2 Å². The summed E-state index contributed by atoms with van der Waals surface area (Å²) in [4.78, 5) is 33.0. The highest BCUT2D eigenvalue weighted by Crippen LogP contribution is 2.27. The SMILES string of the molecule is CCCc1c(Cl)ncnc1N1CC(=O)NC(=O)C1C. The number of carbonyl (C=O) groups is 2. The normalized spacial score (nSPS) is 19.5. The van der Waals surface area contributed by atoms with Gasteiger partial charge < -0.3 is 4.90 Å². The first-order valence-electron chi connectivity index (χ1n) is 6.14. The Kier molecular flexibility index (Phi) is 3.99. The van der Waals surface area contributed by atoms with Crippen LogP contribution in [0.5, 0.6) is 0 Å². The van der Waals surface area contributed by atoms with Crippen molar-refractivity contribution >= 4 is 29.2 Å². The number of piperazine rings is 1. The molecule has 1 fully saturated rings. The number of carbonyl (C=O) groups excluding carboxylic acids is 2. The van der Waals surface area contributed by atoms with Gasteiger partial charge in [0.25, 0.3) is 0 Å². The molecule has 6 nitrogen and oxygen atoms in total. The summed E-state index contributed by atoms with van der Waals surface area (Å²) in [6.45, 7) is 3.84. The monoisotopic (exact) mass is 282 g/mol. The van der Waals surface area contributed by atoms with Gasteiger partial charge in [0, 0.05) is 5.56 Å². The molecule has 1 N–H and O–H groups in total. The number of rotatable bonds is 3. The van der Waals surface area contributed by atoms with Gasteiger partial charge in [-0.1, -0.05) is 24.9 Å². The molecule has 2 rings (SSSR count). The Labute approximate surface area is 116 Å². The zero-order valence-electron chi connectivity index (χ0n) is 10.8. The van der Waals surface area contributed by atoms with E-state index in [1.54, 1.807) is 11.8 Å². The predicted molar refractivity (Wildman–Crippen MR) is 71.0 cm³/mol. The number of imide groups is 1. The molecule has 1 aromatic heterocycles. The lowest BCUT2D eigenvalue weighted by atomic mass is 10.1. The molecule has 1 aliphatic heterocycles. The Bertz CT molecular complexity index is 520. The molecule has 2 amide bonds. The molecule has 1 unspecified atom stereocenters. The summed E-state index contributed by atoms with van der Waals surface area (Å²) in [6, 6.07) is -0.459. The number of hydrogen-bond donors (Lipinski definition) is 1. The lowest BCUT2D eigenvalue weighted by Crippen LogP contribution is -2.57. The van der Waals surface area contributed by atoms with Gasteiger partial charge in [-0.2, -0.15) is 0 Å². The van der Waals surface area contributed by atoms with E-state index in [2.05, 4.69) is 15.3 Å².